The second kappa shape index (κ2) is 6.77. The summed E-state index contributed by atoms with van der Waals surface area (Å²) in [5.74, 6) is 0. The number of H-pyrrole nitrogens is 2. The number of hydrogen-bond donors (Lipinski definition) is 2. The average Bonchev–Trinajstić information content (AvgIpc) is 2.38. The zero-order chi connectivity index (χ0) is 17.0. The zero-order valence-electron chi connectivity index (χ0n) is 14.3. The fraction of sp³-hybridized carbons (Fsp3) is 0.444. The zero-order valence-corrected chi connectivity index (χ0v) is 14.3. The van der Waals surface area contributed by atoms with Gasteiger partial charge in [-0.25, -0.2) is 0 Å². The molecule has 0 aliphatic rings. The van der Waals surface area contributed by atoms with E-state index in [0.717, 1.165) is 11.1 Å². The van der Waals surface area contributed by atoms with Gasteiger partial charge in [-0.05, 0) is 22.0 Å². The van der Waals surface area contributed by atoms with Crippen LogP contribution >= 0.6 is 0 Å². The van der Waals surface area contributed by atoms with Gasteiger partial charge in [-0.15, -0.1) is 0 Å². The van der Waals surface area contributed by atoms with E-state index < -0.39 is 0 Å². The molecule has 0 amide bonds. The van der Waals surface area contributed by atoms with Gasteiger partial charge in [-0.2, -0.15) is 0 Å². The number of pyridine rings is 2. The molecule has 0 aliphatic heterocycles. The van der Waals surface area contributed by atoms with E-state index in [2.05, 4.69) is 51.5 Å². The Morgan fingerprint density at radius 1 is 0.636 bits per heavy atom. The van der Waals surface area contributed by atoms with Crippen molar-refractivity contribution in [2.45, 2.75) is 52.4 Å². The second-order valence-electron chi connectivity index (χ2n) is 7.38. The molecule has 4 nitrogen and oxygen atoms in total. The molecule has 2 aromatic heterocycles. The van der Waals surface area contributed by atoms with Crippen LogP contribution in [0.15, 0.2) is 46.2 Å². The van der Waals surface area contributed by atoms with Crippen molar-refractivity contribution in [3.05, 3.63) is 68.5 Å². The fourth-order valence-corrected chi connectivity index (χ4v) is 1.75. The molecule has 0 aromatic carbocycles. The Hall–Kier alpha value is -2.10. The maximum Gasteiger partial charge on any atom is 0.247 e. The van der Waals surface area contributed by atoms with Crippen LogP contribution in [-0.2, 0) is 10.8 Å². The standard InChI is InChI=1S/2C9H13NO/c2*1-9(2,3)7-4-5-8(11)10-6-7/h2*4-6H,1-3H3,(H,10,11). The topological polar surface area (TPSA) is 65.7 Å². The highest BCUT2D eigenvalue weighted by Crippen LogP contribution is 2.20. The van der Waals surface area contributed by atoms with Crippen molar-refractivity contribution in [2.24, 2.45) is 0 Å². The average molecular weight is 302 g/mol. The Bertz CT molecular complexity index is 609. The van der Waals surface area contributed by atoms with Crippen LogP contribution < -0.4 is 11.1 Å². The normalized spacial score (nSPS) is 11.5. The minimum atomic E-state index is -0.0435. The Balaban J connectivity index is 0.000000220. The molecule has 0 saturated carbocycles. The van der Waals surface area contributed by atoms with Crippen molar-refractivity contribution in [1.82, 2.24) is 9.97 Å². The summed E-state index contributed by atoms with van der Waals surface area (Å²) in [5.41, 5.74) is 2.44. The molecule has 0 aliphatic carbocycles. The third-order valence-corrected chi connectivity index (χ3v) is 3.30. The van der Waals surface area contributed by atoms with Gasteiger partial charge in [0.2, 0.25) is 11.1 Å². The lowest BCUT2D eigenvalue weighted by Gasteiger charge is -2.17. The quantitative estimate of drug-likeness (QED) is 0.784. The summed E-state index contributed by atoms with van der Waals surface area (Å²) in [6.07, 6.45) is 3.53. The number of nitrogens with one attached hydrogen (secondary N) is 2. The maximum atomic E-state index is 10.7. The highest BCUT2D eigenvalue weighted by molar-refractivity contribution is 5.18. The predicted octanol–water partition coefficient (Wildman–Crippen LogP) is 3.34. The molecule has 0 radical (unpaired) electrons. The Morgan fingerprint density at radius 2 is 0.955 bits per heavy atom. The monoisotopic (exact) mass is 302 g/mol. The van der Waals surface area contributed by atoms with Gasteiger partial charge >= 0.3 is 0 Å². The van der Waals surface area contributed by atoms with E-state index in [4.69, 9.17) is 0 Å². The van der Waals surface area contributed by atoms with Crippen molar-refractivity contribution in [1.29, 1.82) is 0 Å². The molecule has 120 valence electrons. The van der Waals surface area contributed by atoms with E-state index >= 15 is 0 Å². The molecular formula is C18H26N2O2. The molecule has 2 rings (SSSR count). The highest BCUT2D eigenvalue weighted by atomic mass is 16.1. The van der Waals surface area contributed by atoms with Crippen LogP contribution in [0.5, 0.6) is 0 Å². The predicted molar refractivity (Wildman–Crippen MR) is 91.5 cm³/mol. The van der Waals surface area contributed by atoms with Crippen LogP contribution in [0.2, 0.25) is 0 Å². The number of rotatable bonds is 0. The number of aromatic nitrogens is 2. The van der Waals surface area contributed by atoms with Crippen LogP contribution in [0, 0.1) is 0 Å². The van der Waals surface area contributed by atoms with Crippen LogP contribution in [0.25, 0.3) is 0 Å². The van der Waals surface area contributed by atoms with E-state index in [1.165, 1.54) is 0 Å². The minimum Gasteiger partial charge on any atom is -0.329 e. The van der Waals surface area contributed by atoms with Gasteiger partial charge in [0.05, 0.1) is 0 Å². The maximum absolute atomic E-state index is 10.7. The molecule has 0 atom stereocenters. The Morgan fingerprint density at radius 3 is 1.14 bits per heavy atom. The third kappa shape index (κ3) is 5.72. The number of aromatic amines is 2. The minimum absolute atomic E-state index is 0.0435. The van der Waals surface area contributed by atoms with Crippen molar-refractivity contribution in [3.63, 3.8) is 0 Å². The van der Waals surface area contributed by atoms with Gasteiger partial charge in [-0.1, -0.05) is 53.7 Å². The molecule has 2 heterocycles. The molecule has 0 spiro atoms. The van der Waals surface area contributed by atoms with Crippen molar-refractivity contribution < 1.29 is 0 Å². The lowest BCUT2D eigenvalue weighted by molar-refractivity contribution is 0.586. The molecule has 4 heteroatoms. The summed E-state index contributed by atoms with van der Waals surface area (Å²) in [6, 6.07) is 6.83. The van der Waals surface area contributed by atoms with Crippen LogP contribution in [0.3, 0.4) is 0 Å². The third-order valence-electron chi connectivity index (χ3n) is 3.30. The fourth-order valence-electron chi connectivity index (χ4n) is 1.75. The van der Waals surface area contributed by atoms with Crippen molar-refractivity contribution in [3.8, 4) is 0 Å². The van der Waals surface area contributed by atoms with Gasteiger partial charge in [0.25, 0.3) is 0 Å². The summed E-state index contributed by atoms with van der Waals surface area (Å²) < 4.78 is 0. The summed E-state index contributed by atoms with van der Waals surface area (Å²) >= 11 is 0. The van der Waals surface area contributed by atoms with E-state index in [1.807, 2.05) is 12.1 Å². The molecule has 2 N–H and O–H groups in total. The Labute approximate surface area is 131 Å². The molecule has 0 bridgehead atoms. The highest BCUT2D eigenvalue weighted by Gasteiger charge is 2.13. The smallest absolute Gasteiger partial charge is 0.247 e. The summed E-state index contributed by atoms with van der Waals surface area (Å²) in [4.78, 5) is 26.7. The molecule has 2 aromatic rings. The van der Waals surface area contributed by atoms with E-state index in [0.29, 0.717) is 0 Å². The first-order valence-corrected chi connectivity index (χ1v) is 7.38. The van der Waals surface area contributed by atoms with Gasteiger partial charge in [0.1, 0.15) is 0 Å². The van der Waals surface area contributed by atoms with Crippen molar-refractivity contribution in [2.75, 3.05) is 0 Å². The Kier molecular flexibility index (Phi) is 5.53. The largest absolute Gasteiger partial charge is 0.329 e. The molecule has 22 heavy (non-hydrogen) atoms. The van der Waals surface area contributed by atoms with Crippen LogP contribution in [-0.4, -0.2) is 9.97 Å². The molecule has 0 unspecified atom stereocenters. The van der Waals surface area contributed by atoms with E-state index in [1.54, 1.807) is 24.5 Å². The van der Waals surface area contributed by atoms with Gasteiger partial charge in [0.15, 0.2) is 0 Å². The first kappa shape index (κ1) is 18.0. The van der Waals surface area contributed by atoms with Gasteiger partial charge in [0, 0.05) is 24.5 Å². The van der Waals surface area contributed by atoms with Crippen LogP contribution in [0.4, 0.5) is 0 Å². The van der Waals surface area contributed by atoms with Gasteiger partial charge in [-0.3, -0.25) is 9.59 Å². The lowest BCUT2D eigenvalue weighted by atomic mass is 9.88. The SMILES string of the molecule is CC(C)(C)c1ccc(=O)[nH]c1.CC(C)(C)c1ccc(=O)[nH]c1. The van der Waals surface area contributed by atoms with Crippen LogP contribution in [0.1, 0.15) is 52.7 Å². The first-order chi connectivity index (χ1) is 10.00. The molecule has 0 fully saturated rings. The summed E-state index contributed by atoms with van der Waals surface area (Å²) in [6.45, 7) is 12.7. The second-order valence-corrected chi connectivity index (χ2v) is 7.38. The number of hydrogen-bond acceptors (Lipinski definition) is 2. The van der Waals surface area contributed by atoms with Gasteiger partial charge < -0.3 is 9.97 Å². The van der Waals surface area contributed by atoms with E-state index in [-0.39, 0.29) is 21.9 Å². The summed E-state index contributed by atoms with van der Waals surface area (Å²) in [7, 11) is 0. The lowest BCUT2D eigenvalue weighted by Crippen LogP contribution is -2.14. The first-order valence-electron chi connectivity index (χ1n) is 7.38. The summed E-state index contributed by atoms with van der Waals surface area (Å²) in [5, 5.41) is 0. The molecular weight excluding hydrogens is 276 g/mol. The molecule has 0 saturated heterocycles. The van der Waals surface area contributed by atoms with Crippen molar-refractivity contribution >= 4 is 0 Å². The van der Waals surface area contributed by atoms with E-state index in [9.17, 15) is 9.59 Å².